The van der Waals surface area contributed by atoms with Gasteiger partial charge in [-0.2, -0.15) is 0 Å². The van der Waals surface area contributed by atoms with Gasteiger partial charge < -0.3 is 9.67 Å². The predicted molar refractivity (Wildman–Crippen MR) is 73.2 cm³/mol. The zero-order valence-corrected chi connectivity index (χ0v) is 12.0. The summed E-state index contributed by atoms with van der Waals surface area (Å²) >= 11 is 5.08. The number of imidazole rings is 1. The van der Waals surface area contributed by atoms with E-state index < -0.39 is 6.10 Å². The summed E-state index contributed by atoms with van der Waals surface area (Å²) in [6.07, 6.45) is 4.75. The van der Waals surface area contributed by atoms with Crippen LogP contribution in [-0.4, -0.2) is 14.7 Å². The zero-order chi connectivity index (χ0) is 12.3. The first-order valence-electron chi connectivity index (χ1n) is 5.61. The molecule has 0 radical (unpaired) electrons. The van der Waals surface area contributed by atoms with Crippen molar-refractivity contribution in [3.8, 4) is 0 Å². The number of rotatable bonds is 5. The molecular formula is C12H15BrN2OS. The summed E-state index contributed by atoms with van der Waals surface area (Å²) in [5, 5.41) is 12.2. The molecule has 0 fully saturated rings. The molecule has 0 aliphatic carbocycles. The highest BCUT2D eigenvalue weighted by atomic mass is 79.9. The largest absolute Gasteiger partial charge is 0.386 e. The quantitative estimate of drug-likeness (QED) is 0.918. The lowest BCUT2D eigenvalue weighted by Crippen LogP contribution is -2.08. The second-order valence-electron chi connectivity index (χ2n) is 3.96. The van der Waals surface area contributed by atoms with E-state index in [2.05, 4.69) is 33.9 Å². The molecule has 0 saturated carbocycles. The van der Waals surface area contributed by atoms with Gasteiger partial charge in [0.05, 0.1) is 18.2 Å². The monoisotopic (exact) mass is 314 g/mol. The van der Waals surface area contributed by atoms with Gasteiger partial charge in [-0.25, -0.2) is 4.98 Å². The SMILES string of the molecule is CCCn1cncc1C(O)Cc1cc(Br)cs1. The van der Waals surface area contributed by atoms with E-state index in [9.17, 15) is 5.11 Å². The smallest absolute Gasteiger partial charge is 0.100 e. The molecule has 3 nitrogen and oxygen atoms in total. The summed E-state index contributed by atoms with van der Waals surface area (Å²) in [7, 11) is 0. The predicted octanol–water partition coefficient (Wildman–Crippen LogP) is 3.39. The van der Waals surface area contributed by atoms with Crippen LogP contribution in [-0.2, 0) is 13.0 Å². The Morgan fingerprint density at radius 2 is 2.41 bits per heavy atom. The van der Waals surface area contributed by atoms with E-state index >= 15 is 0 Å². The average molecular weight is 315 g/mol. The Balaban J connectivity index is 2.08. The van der Waals surface area contributed by atoms with Gasteiger partial charge in [0.2, 0.25) is 0 Å². The van der Waals surface area contributed by atoms with Gasteiger partial charge in [0, 0.05) is 27.7 Å². The van der Waals surface area contributed by atoms with Crippen LogP contribution in [0.15, 0.2) is 28.4 Å². The molecule has 2 aromatic heterocycles. The molecule has 1 N–H and O–H groups in total. The highest BCUT2D eigenvalue weighted by Gasteiger charge is 2.14. The molecule has 2 aromatic rings. The zero-order valence-electron chi connectivity index (χ0n) is 9.64. The van der Waals surface area contributed by atoms with E-state index in [0.29, 0.717) is 6.42 Å². The van der Waals surface area contributed by atoms with Gasteiger partial charge in [0.15, 0.2) is 0 Å². The number of halogens is 1. The lowest BCUT2D eigenvalue weighted by Gasteiger charge is -2.12. The van der Waals surface area contributed by atoms with Crippen LogP contribution >= 0.6 is 27.3 Å². The van der Waals surface area contributed by atoms with Crippen molar-refractivity contribution < 1.29 is 5.11 Å². The Hall–Kier alpha value is -0.650. The number of aryl methyl sites for hydroxylation is 1. The lowest BCUT2D eigenvalue weighted by molar-refractivity contribution is 0.169. The molecule has 1 unspecified atom stereocenters. The van der Waals surface area contributed by atoms with Gasteiger partial charge in [-0.05, 0) is 28.4 Å². The van der Waals surface area contributed by atoms with Crippen LogP contribution in [0.5, 0.6) is 0 Å². The maximum Gasteiger partial charge on any atom is 0.100 e. The molecule has 2 rings (SSSR count). The summed E-state index contributed by atoms with van der Waals surface area (Å²) < 4.78 is 3.10. The van der Waals surface area contributed by atoms with Gasteiger partial charge in [-0.15, -0.1) is 11.3 Å². The van der Waals surface area contributed by atoms with E-state index in [-0.39, 0.29) is 0 Å². The molecule has 0 bridgehead atoms. The molecule has 5 heteroatoms. The Morgan fingerprint density at radius 3 is 3.06 bits per heavy atom. The topological polar surface area (TPSA) is 38.0 Å². The second-order valence-corrected chi connectivity index (χ2v) is 5.87. The van der Waals surface area contributed by atoms with Crippen LogP contribution in [0.25, 0.3) is 0 Å². The van der Waals surface area contributed by atoms with Crippen LogP contribution in [0.4, 0.5) is 0 Å². The summed E-state index contributed by atoms with van der Waals surface area (Å²) in [6, 6.07) is 2.05. The number of aromatic nitrogens is 2. The van der Waals surface area contributed by atoms with Gasteiger partial charge in [0.25, 0.3) is 0 Å². The van der Waals surface area contributed by atoms with Crippen LogP contribution in [0.3, 0.4) is 0 Å². The molecular weight excluding hydrogens is 300 g/mol. The van der Waals surface area contributed by atoms with E-state index in [0.717, 1.165) is 23.1 Å². The third-order valence-corrected chi connectivity index (χ3v) is 4.29. The van der Waals surface area contributed by atoms with Crippen molar-refractivity contribution in [1.82, 2.24) is 9.55 Å². The van der Waals surface area contributed by atoms with Crippen molar-refractivity contribution in [1.29, 1.82) is 0 Å². The van der Waals surface area contributed by atoms with Gasteiger partial charge in [-0.3, -0.25) is 0 Å². The Morgan fingerprint density at radius 1 is 1.59 bits per heavy atom. The van der Waals surface area contributed by atoms with Gasteiger partial charge in [0.1, 0.15) is 6.10 Å². The standard InChI is InChI=1S/C12H15BrN2OS/c1-2-3-15-8-14-6-11(15)12(16)5-10-4-9(13)7-17-10/h4,6-8,12,16H,2-3,5H2,1H3. The molecule has 17 heavy (non-hydrogen) atoms. The molecule has 92 valence electrons. The van der Waals surface area contributed by atoms with E-state index in [1.165, 1.54) is 4.88 Å². The summed E-state index contributed by atoms with van der Waals surface area (Å²) in [4.78, 5) is 5.28. The Kier molecular flexibility index (Phi) is 4.36. The van der Waals surface area contributed by atoms with Crippen molar-refractivity contribution >= 4 is 27.3 Å². The molecule has 0 amide bonds. The fourth-order valence-corrected chi connectivity index (χ4v) is 3.28. The van der Waals surface area contributed by atoms with Crippen molar-refractivity contribution in [3.05, 3.63) is 39.0 Å². The minimum atomic E-state index is -0.477. The molecule has 0 saturated heterocycles. The number of aliphatic hydroxyl groups is 1. The third-order valence-electron chi connectivity index (χ3n) is 2.57. The van der Waals surface area contributed by atoms with E-state index in [1.807, 2.05) is 9.95 Å². The number of thiophene rings is 1. The summed E-state index contributed by atoms with van der Waals surface area (Å²) in [5.74, 6) is 0. The molecule has 2 heterocycles. The van der Waals surface area contributed by atoms with Gasteiger partial charge in [-0.1, -0.05) is 6.92 Å². The van der Waals surface area contributed by atoms with E-state index in [1.54, 1.807) is 23.9 Å². The maximum absolute atomic E-state index is 10.2. The first kappa shape index (κ1) is 12.8. The number of aliphatic hydroxyl groups excluding tert-OH is 1. The minimum Gasteiger partial charge on any atom is -0.386 e. The van der Waals surface area contributed by atoms with Crippen molar-refractivity contribution in [2.45, 2.75) is 32.4 Å². The van der Waals surface area contributed by atoms with Crippen LogP contribution in [0.1, 0.15) is 30.0 Å². The maximum atomic E-state index is 10.2. The first-order valence-corrected chi connectivity index (χ1v) is 7.29. The normalized spacial score (nSPS) is 12.9. The van der Waals surface area contributed by atoms with Crippen LogP contribution in [0.2, 0.25) is 0 Å². The molecule has 0 aliphatic rings. The summed E-state index contributed by atoms with van der Waals surface area (Å²) in [6.45, 7) is 3.02. The number of hydrogen-bond acceptors (Lipinski definition) is 3. The minimum absolute atomic E-state index is 0.477. The summed E-state index contributed by atoms with van der Waals surface area (Å²) in [5.41, 5.74) is 0.899. The highest BCUT2D eigenvalue weighted by molar-refractivity contribution is 9.10. The lowest BCUT2D eigenvalue weighted by atomic mass is 10.1. The fraction of sp³-hybridized carbons (Fsp3) is 0.417. The third kappa shape index (κ3) is 3.18. The molecule has 0 aliphatic heterocycles. The van der Waals surface area contributed by atoms with Crippen LogP contribution < -0.4 is 0 Å². The van der Waals surface area contributed by atoms with Crippen molar-refractivity contribution in [3.63, 3.8) is 0 Å². The highest BCUT2D eigenvalue weighted by Crippen LogP contribution is 2.25. The Bertz CT molecular complexity index is 480. The van der Waals surface area contributed by atoms with E-state index in [4.69, 9.17) is 0 Å². The molecule has 1 atom stereocenters. The first-order chi connectivity index (χ1) is 8.20. The van der Waals surface area contributed by atoms with Crippen molar-refractivity contribution in [2.24, 2.45) is 0 Å². The Labute approximate surface area is 113 Å². The van der Waals surface area contributed by atoms with Crippen LogP contribution in [0, 0.1) is 0 Å². The van der Waals surface area contributed by atoms with Crippen molar-refractivity contribution in [2.75, 3.05) is 0 Å². The number of nitrogens with zero attached hydrogens (tertiary/aromatic N) is 2. The number of hydrogen-bond donors (Lipinski definition) is 1. The van der Waals surface area contributed by atoms with Gasteiger partial charge >= 0.3 is 0 Å². The average Bonchev–Trinajstić information content (AvgIpc) is 2.88. The molecule has 0 spiro atoms. The second kappa shape index (κ2) is 5.80. The molecule has 0 aromatic carbocycles. The fourth-order valence-electron chi connectivity index (χ4n) is 1.79.